The molecule has 0 saturated heterocycles. The number of halogens is 1. The summed E-state index contributed by atoms with van der Waals surface area (Å²) in [6.07, 6.45) is -56.4. The second-order valence-electron chi connectivity index (χ2n) is 3.62. The molecule has 118 valence electrons. The molecular weight excluding hydrogens is 298 g/mol. The summed E-state index contributed by atoms with van der Waals surface area (Å²) in [5.41, 5.74) is 0. The van der Waals surface area contributed by atoms with E-state index in [2.05, 4.69) is 0 Å². The summed E-state index contributed by atoms with van der Waals surface area (Å²) >= 11 is 0. The quantitative estimate of drug-likeness (QED) is 0.440. The Hall–Kier alpha value is 0.440. The maximum Gasteiger partial charge on any atom is 0.0924 e. The van der Waals surface area contributed by atoms with E-state index in [0.29, 0.717) is 0 Å². The molecule has 19 heavy (non-hydrogen) atoms. The molecule has 0 atom stereocenters. The molecule has 0 fully saturated rings. The van der Waals surface area contributed by atoms with Gasteiger partial charge in [0.25, 0.3) is 0 Å². The fourth-order valence-corrected chi connectivity index (χ4v) is 0.508. The summed E-state index contributed by atoms with van der Waals surface area (Å²) in [5.74, 6) is 0. The van der Waals surface area contributed by atoms with Gasteiger partial charge in [-0.05, 0) is 12.7 Å². The van der Waals surface area contributed by atoms with E-state index in [1.807, 2.05) is 0 Å². The molecule has 0 aromatic heterocycles. The highest BCUT2D eigenvalue weighted by atomic mass is 79.9. The molecule has 0 N–H and O–H groups in total. The molecule has 0 rings (SSSR count). The van der Waals surface area contributed by atoms with E-state index in [1.165, 1.54) is 0 Å². The minimum absolute atomic E-state index is 0. The first-order valence-electron chi connectivity index (χ1n) is 19.3. The van der Waals surface area contributed by atoms with Crippen molar-refractivity contribution >= 4 is 0 Å². The normalized spacial score (nSPS) is 44.5. The summed E-state index contributed by atoms with van der Waals surface area (Å²) in [5, 5.41) is 0. The van der Waals surface area contributed by atoms with Crippen molar-refractivity contribution in [2.24, 2.45) is 0 Å². The SMILES string of the molecule is [2H]C([2H])([2H])C([2H])([2H])C([2H])([2H])C([2H])([2H])C([2H])([2H])C([2H])([2H])C([2H])([2H])C([2H])([2H])C([2H])([2H])C([2H])([2H])C([2H])([2H])C([2H])([2H])C([2H])([2H])C([2H])([2H])[N+](C)(C)C.[Br-]. The van der Waals surface area contributed by atoms with Gasteiger partial charge in [-0.15, -0.1) is 0 Å². The molecule has 0 radical (unpaired) electrons. The van der Waals surface area contributed by atoms with Crippen LogP contribution in [0.3, 0.4) is 0 Å². The Morgan fingerprint density at radius 2 is 1.05 bits per heavy atom. The van der Waals surface area contributed by atoms with Crippen molar-refractivity contribution in [3.8, 4) is 0 Å². The van der Waals surface area contributed by atoms with E-state index in [0.717, 1.165) is 21.1 Å². The summed E-state index contributed by atoms with van der Waals surface area (Å²) in [6, 6.07) is 0. The van der Waals surface area contributed by atoms with Crippen molar-refractivity contribution in [3.05, 3.63) is 0 Å². The Balaban J connectivity index is 0. The highest BCUT2D eigenvalue weighted by Gasteiger charge is 2.04. The van der Waals surface area contributed by atoms with E-state index < -0.39 is 94.3 Å². The lowest BCUT2D eigenvalue weighted by atomic mass is 10.1. The minimum Gasteiger partial charge on any atom is -1.00 e. The molecule has 0 bridgehead atoms. The third-order valence-electron chi connectivity index (χ3n) is 1.08. The predicted octanol–water partition coefficient (Wildman–Crippen LogP) is 2.40. The van der Waals surface area contributed by atoms with Gasteiger partial charge < -0.3 is 21.5 Å². The summed E-state index contributed by atoms with van der Waals surface area (Å²) in [4.78, 5) is 0. The molecule has 1 nitrogen and oxygen atoms in total. The molecule has 0 amide bonds. The Labute approximate surface area is 174 Å². The van der Waals surface area contributed by atoms with Gasteiger partial charge in [-0.3, -0.25) is 0 Å². The molecular formula is C17H38BrN. The zero-order valence-corrected chi connectivity index (χ0v) is 12.4. The topological polar surface area (TPSA) is 0 Å². The lowest BCUT2D eigenvalue weighted by molar-refractivity contribution is -0.870. The zero-order chi connectivity index (χ0) is 39.5. The van der Waals surface area contributed by atoms with Crippen molar-refractivity contribution in [3.63, 3.8) is 0 Å². The van der Waals surface area contributed by atoms with Gasteiger partial charge in [0, 0.05) is 37.0 Å². The lowest BCUT2D eigenvalue weighted by Gasteiger charge is -2.23. The zero-order valence-electron chi connectivity index (χ0n) is 39.8. The first-order chi connectivity index (χ1) is 19.5. The minimum atomic E-state index is -4.96. The van der Waals surface area contributed by atoms with Crippen LogP contribution in [0.15, 0.2) is 0 Å². The Kier molecular flexibility index (Phi) is 2.39. The van der Waals surface area contributed by atoms with Crippen molar-refractivity contribution in [1.82, 2.24) is 0 Å². The van der Waals surface area contributed by atoms with E-state index in [9.17, 15) is 0 Å². The van der Waals surface area contributed by atoms with Gasteiger partial charge in [-0.1, -0.05) is 70.6 Å². The van der Waals surface area contributed by atoms with E-state index >= 15 is 0 Å². The molecule has 0 aliphatic heterocycles. The van der Waals surface area contributed by atoms with Crippen LogP contribution in [-0.2, 0) is 0 Å². The maximum absolute atomic E-state index is 8.21. The second kappa shape index (κ2) is 14.8. The molecule has 0 heterocycles. The number of hydrogen-bond donors (Lipinski definition) is 0. The Morgan fingerprint density at radius 3 is 1.42 bits per heavy atom. The molecule has 0 aliphatic carbocycles. The van der Waals surface area contributed by atoms with Gasteiger partial charge in [-0.25, -0.2) is 0 Å². The number of quaternary nitrogens is 1. The largest absolute Gasteiger partial charge is 1.00 e. The molecule has 2 heteroatoms. The number of nitrogens with zero attached hydrogens (tertiary/aromatic N) is 1. The van der Waals surface area contributed by atoms with E-state index in [1.54, 1.807) is 0 Å². The summed E-state index contributed by atoms with van der Waals surface area (Å²) in [6.45, 7) is -7.48. The van der Waals surface area contributed by atoms with Gasteiger partial charge >= 0.3 is 0 Å². The van der Waals surface area contributed by atoms with E-state index in [4.69, 9.17) is 39.8 Å². The average Bonchev–Trinajstić information content (AvgIpc) is 2.80. The average molecular weight is 366 g/mol. The van der Waals surface area contributed by atoms with Crippen molar-refractivity contribution < 1.29 is 61.2 Å². The fraction of sp³-hybridized carbons (Fsp3) is 1.00. The summed E-state index contributed by atoms with van der Waals surface area (Å²) < 4.78 is 231. The van der Waals surface area contributed by atoms with Crippen molar-refractivity contribution in [2.45, 2.75) is 83.3 Å². The van der Waals surface area contributed by atoms with Gasteiger partial charge in [0.05, 0.1) is 30.4 Å². The number of rotatable bonds is 13. The number of hydrogen-bond acceptors (Lipinski definition) is 0. The predicted molar refractivity (Wildman–Crippen MR) is 84.0 cm³/mol. The second-order valence-corrected chi connectivity index (χ2v) is 3.62. The highest BCUT2D eigenvalue weighted by molar-refractivity contribution is 4.48. The Bertz CT molecular complexity index is 1070. The third-order valence-corrected chi connectivity index (χ3v) is 1.08. The third kappa shape index (κ3) is 20.9. The van der Waals surface area contributed by atoms with Crippen LogP contribution in [0.1, 0.15) is 123 Å². The van der Waals surface area contributed by atoms with Crippen molar-refractivity contribution in [2.75, 3.05) is 27.6 Å². The molecule has 0 aliphatic rings. The van der Waals surface area contributed by atoms with Gasteiger partial charge in [-0.2, -0.15) is 0 Å². The highest BCUT2D eigenvalue weighted by Crippen LogP contribution is 2.12. The fourth-order valence-electron chi connectivity index (χ4n) is 0.508. The van der Waals surface area contributed by atoms with E-state index in [-0.39, 0.29) is 17.0 Å². The van der Waals surface area contributed by atoms with Crippen LogP contribution in [0.2, 0.25) is 0 Å². The van der Waals surface area contributed by atoms with Crippen LogP contribution in [-0.4, -0.2) is 32.1 Å². The van der Waals surface area contributed by atoms with Gasteiger partial charge in [0.15, 0.2) is 0 Å². The Morgan fingerprint density at radius 1 is 0.684 bits per heavy atom. The van der Waals surface area contributed by atoms with Crippen LogP contribution >= 0.6 is 0 Å². The maximum atomic E-state index is 8.21. The monoisotopic (exact) mass is 364 g/mol. The van der Waals surface area contributed by atoms with Crippen LogP contribution in [0.5, 0.6) is 0 Å². The molecule has 0 spiro atoms. The molecule has 0 aromatic carbocycles. The molecule has 0 unspecified atom stereocenters. The van der Waals surface area contributed by atoms with Crippen molar-refractivity contribution in [1.29, 1.82) is 0 Å². The van der Waals surface area contributed by atoms with Crippen LogP contribution in [0.4, 0.5) is 0 Å². The van der Waals surface area contributed by atoms with Crippen LogP contribution in [0.25, 0.3) is 0 Å². The smallest absolute Gasteiger partial charge is 0.0924 e. The standard InChI is InChI=1S/C17H38N.BrH/c1-5-6-7-8-9-10-11-12-13-14-15-16-17-18(2,3)4;/h5-17H2,1-4H3;1H/q+1;/p-1/i1D3,5D2,6D2,7D2,8D2,9D2,10D2,11D2,12D2,13D2,14D2,15D2,16D2,17D2;. The molecule has 0 aromatic rings. The van der Waals surface area contributed by atoms with Gasteiger partial charge in [0.1, 0.15) is 0 Å². The van der Waals surface area contributed by atoms with Gasteiger partial charge in [0.2, 0.25) is 0 Å². The van der Waals surface area contributed by atoms with Crippen LogP contribution in [0, 0.1) is 0 Å². The molecule has 0 saturated carbocycles. The first-order valence-corrected chi connectivity index (χ1v) is 4.82. The van der Waals surface area contributed by atoms with Crippen LogP contribution < -0.4 is 17.0 Å². The summed E-state index contributed by atoms with van der Waals surface area (Å²) in [7, 11) is 3.02. The first kappa shape index (κ1) is 3.07. The lowest BCUT2D eigenvalue weighted by Crippen LogP contribution is -3.00.